The second-order valence-corrected chi connectivity index (χ2v) is 4.30. The molecule has 3 rings (SSSR count). The molecule has 0 saturated heterocycles. The highest BCUT2D eigenvalue weighted by Gasteiger charge is 2.13. The number of nitrogens with zero attached hydrogens (tertiary/aromatic N) is 1. The Balaban J connectivity index is 2.16. The minimum Gasteiger partial charge on any atom is -0.359 e. The molecule has 2 aromatic carbocycles. The second kappa shape index (κ2) is 4.83. The zero-order chi connectivity index (χ0) is 13.1. The Bertz CT molecular complexity index is 662. The van der Waals surface area contributed by atoms with Crippen molar-refractivity contribution in [1.29, 1.82) is 5.26 Å². The summed E-state index contributed by atoms with van der Waals surface area (Å²) in [5.41, 5.74) is 4.60. The number of aromatic nitrogens is 1. The maximum absolute atomic E-state index is 9.44. The van der Waals surface area contributed by atoms with Crippen LogP contribution < -0.4 is 0 Å². The zero-order valence-corrected chi connectivity index (χ0v) is 10.3. The molecule has 1 heterocycles. The van der Waals surface area contributed by atoms with Gasteiger partial charge in [0.15, 0.2) is 0 Å². The third kappa shape index (κ3) is 2.02. The van der Waals surface area contributed by atoms with Gasteiger partial charge in [0.2, 0.25) is 0 Å². The molecule has 19 heavy (non-hydrogen) atoms. The molecule has 0 bridgehead atoms. The van der Waals surface area contributed by atoms with Gasteiger partial charge in [0.05, 0.1) is 11.3 Å². The average molecular weight is 244 g/mol. The van der Waals surface area contributed by atoms with E-state index in [9.17, 15) is 5.26 Å². The molecule has 90 valence electrons. The third-order valence-corrected chi connectivity index (χ3v) is 3.14. The number of hydrogen-bond acceptors (Lipinski definition) is 1. The van der Waals surface area contributed by atoms with Gasteiger partial charge in [-0.15, -0.1) is 0 Å². The Morgan fingerprint density at radius 1 is 0.789 bits per heavy atom. The standard InChI is InChI=1S/C17H12N2/c18-11-15-16(13-7-3-1-4-8-13)12-19-17(15)14-9-5-2-6-10-14/h1-10,12,19H. The first-order valence-electron chi connectivity index (χ1n) is 6.12. The van der Waals surface area contributed by atoms with Gasteiger partial charge in [-0.3, -0.25) is 0 Å². The molecule has 1 aromatic heterocycles. The number of aromatic amines is 1. The van der Waals surface area contributed by atoms with Gasteiger partial charge in [-0.2, -0.15) is 5.26 Å². The van der Waals surface area contributed by atoms with Crippen molar-refractivity contribution in [2.45, 2.75) is 0 Å². The SMILES string of the molecule is N#Cc1c(-c2ccccc2)c[nH]c1-c1ccccc1. The maximum Gasteiger partial charge on any atom is 0.102 e. The van der Waals surface area contributed by atoms with Crippen LogP contribution >= 0.6 is 0 Å². The van der Waals surface area contributed by atoms with E-state index in [2.05, 4.69) is 11.1 Å². The number of H-pyrrole nitrogens is 1. The molecule has 2 nitrogen and oxygen atoms in total. The third-order valence-electron chi connectivity index (χ3n) is 3.14. The summed E-state index contributed by atoms with van der Waals surface area (Å²) in [5, 5.41) is 9.44. The second-order valence-electron chi connectivity index (χ2n) is 4.30. The van der Waals surface area contributed by atoms with Crippen LogP contribution in [0, 0.1) is 11.3 Å². The van der Waals surface area contributed by atoms with Crippen molar-refractivity contribution < 1.29 is 0 Å². The average Bonchev–Trinajstić information content (AvgIpc) is 2.93. The van der Waals surface area contributed by atoms with Crippen LogP contribution in [0.5, 0.6) is 0 Å². The van der Waals surface area contributed by atoms with E-state index in [0.717, 1.165) is 22.4 Å². The molecule has 0 aliphatic carbocycles. The van der Waals surface area contributed by atoms with Crippen molar-refractivity contribution in [1.82, 2.24) is 4.98 Å². The van der Waals surface area contributed by atoms with E-state index in [-0.39, 0.29) is 0 Å². The van der Waals surface area contributed by atoms with Crippen LogP contribution in [0.4, 0.5) is 0 Å². The highest BCUT2D eigenvalue weighted by molar-refractivity contribution is 5.80. The van der Waals surface area contributed by atoms with Gasteiger partial charge in [-0.05, 0) is 11.1 Å². The number of nitrogens with one attached hydrogen (secondary N) is 1. The number of nitriles is 1. The smallest absolute Gasteiger partial charge is 0.102 e. The highest BCUT2D eigenvalue weighted by Crippen LogP contribution is 2.31. The van der Waals surface area contributed by atoms with Gasteiger partial charge in [0.1, 0.15) is 6.07 Å². The first-order chi connectivity index (χ1) is 9.40. The summed E-state index contributed by atoms with van der Waals surface area (Å²) >= 11 is 0. The molecule has 3 aromatic rings. The topological polar surface area (TPSA) is 39.6 Å². The van der Waals surface area contributed by atoms with Crippen LogP contribution in [-0.4, -0.2) is 4.98 Å². The highest BCUT2D eigenvalue weighted by atomic mass is 14.7. The first kappa shape index (κ1) is 11.3. The predicted molar refractivity (Wildman–Crippen MR) is 76.4 cm³/mol. The number of hydrogen-bond donors (Lipinski definition) is 1. The van der Waals surface area contributed by atoms with E-state index in [1.807, 2.05) is 66.9 Å². The molecule has 0 aliphatic heterocycles. The van der Waals surface area contributed by atoms with Crippen LogP contribution in [-0.2, 0) is 0 Å². The van der Waals surface area contributed by atoms with Crippen molar-refractivity contribution in [2.75, 3.05) is 0 Å². The fourth-order valence-corrected chi connectivity index (χ4v) is 2.22. The van der Waals surface area contributed by atoms with E-state index >= 15 is 0 Å². The van der Waals surface area contributed by atoms with E-state index in [4.69, 9.17) is 0 Å². The number of rotatable bonds is 2. The Labute approximate surface area is 112 Å². The summed E-state index contributed by atoms with van der Waals surface area (Å²) in [7, 11) is 0. The number of benzene rings is 2. The van der Waals surface area contributed by atoms with Gasteiger partial charge in [-0.25, -0.2) is 0 Å². The molecule has 0 amide bonds. The van der Waals surface area contributed by atoms with Crippen molar-refractivity contribution >= 4 is 0 Å². The quantitative estimate of drug-likeness (QED) is 0.720. The summed E-state index contributed by atoms with van der Waals surface area (Å²) in [6, 6.07) is 22.2. The molecule has 0 aliphatic rings. The van der Waals surface area contributed by atoms with E-state index in [1.54, 1.807) is 0 Å². The fraction of sp³-hybridized carbons (Fsp3) is 0. The van der Waals surface area contributed by atoms with E-state index in [0.29, 0.717) is 5.56 Å². The molecular weight excluding hydrogens is 232 g/mol. The van der Waals surface area contributed by atoms with Gasteiger partial charge < -0.3 is 4.98 Å². The van der Waals surface area contributed by atoms with Gasteiger partial charge in [0.25, 0.3) is 0 Å². The maximum atomic E-state index is 9.44. The summed E-state index contributed by atoms with van der Waals surface area (Å²) in [5.74, 6) is 0. The van der Waals surface area contributed by atoms with Crippen molar-refractivity contribution in [3.8, 4) is 28.5 Å². The lowest BCUT2D eigenvalue weighted by molar-refractivity contribution is 1.39. The minimum atomic E-state index is 0.692. The molecule has 1 N–H and O–H groups in total. The van der Waals surface area contributed by atoms with Crippen LogP contribution in [0.1, 0.15) is 5.56 Å². The van der Waals surface area contributed by atoms with E-state index in [1.165, 1.54) is 0 Å². The van der Waals surface area contributed by atoms with Crippen LogP contribution in [0.25, 0.3) is 22.4 Å². The van der Waals surface area contributed by atoms with E-state index < -0.39 is 0 Å². The monoisotopic (exact) mass is 244 g/mol. The Hall–Kier alpha value is -2.79. The Morgan fingerprint density at radius 2 is 1.37 bits per heavy atom. The van der Waals surface area contributed by atoms with Gasteiger partial charge in [0, 0.05) is 11.8 Å². The fourth-order valence-electron chi connectivity index (χ4n) is 2.22. The predicted octanol–water partition coefficient (Wildman–Crippen LogP) is 4.22. The summed E-state index contributed by atoms with van der Waals surface area (Å²) < 4.78 is 0. The van der Waals surface area contributed by atoms with Crippen molar-refractivity contribution in [2.24, 2.45) is 0 Å². The lowest BCUT2D eigenvalue weighted by Crippen LogP contribution is -1.82. The molecule has 0 saturated carbocycles. The lowest BCUT2D eigenvalue weighted by atomic mass is 10.0. The molecule has 0 radical (unpaired) electrons. The van der Waals surface area contributed by atoms with Crippen LogP contribution in [0.2, 0.25) is 0 Å². The van der Waals surface area contributed by atoms with Crippen molar-refractivity contribution in [3.63, 3.8) is 0 Å². The Morgan fingerprint density at radius 3 is 1.95 bits per heavy atom. The first-order valence-corrected chi connectivity index (χ1v) is 6.12. The lowest BCUT2D eigenvalue weighted by Gasteiger charge is -2.00. The molecule has 0 unspecified atom stereocenters. The van der Waals surface area contributed by atoms with Crippen molar-refractivity contribution in [3.05, 3.63) is 72.4 Å². The summed E-state index contributed by atoms with van der Waals surface area (Å²) in [4.78, 5) is 3.22. The molecular formula is C17H12N2. The van der Waals surface area contributed by atoms with Crippen LogP contribution in [0.3, 0.4) is 0 Å². The molecule has 0 atom stereocenters. The molecule has 0 fully saturated rings. The van der Waals surface area contributed by atoms with Crippen LogP contribution in [0.15, 0.2) is 66.9 Å². The summed E-state index contributed by atoms with van der Waals surface area (Å²) in [6.07, 6.45) is 1.90. The largest absolute Gasteiger partial charge is 0.359 e. The van der Waals surface area contributed by atoms with Gasteiger partial charge in [-0.1, -0.05) is 60.7 Å². The minimum absolute atomic E-state index is 0.692. The normalized spacial score (nSPS) is 10.1. The zero-order valence-electron chi connectivity index (χ0n) is 10.3. The van der Waals surface area contributed by atoms with Gasteiger partial charge >= 0.3 is 0 Å². The summed E-state index contributed by atoms with van der Waals surface area (Å²) in [6.45, 7) is 0. The molecule has 2 heteroatoms. The molecule has 0 spiro atoms. The Kier molecular flexibility index (Phi) is 2.88.